The van der Waals surface area contributed by atoms with E-state index in [1.54, 1.807) is 12.1 Å². The van der Waals surface area contributed by atoms with Gasteiger partial charge in [0.25, 0.3) is 0 Å². The van der Waals surface area contributed by atoms with E-state index in [0.717, 1.165) is 51.1 Å². The lowest BCUT2D eigenvalue weighted by Crippen LogP contribution is -2.44. The molecule has 0 radical (unpaired) electrons. The van der Waals surface area contributed by atoms with Crippen molar-refractivity contribution in [1.82, 2.24) is 10.2 Å². The number of rotatable bonds is 5. The van der Waals surface area contributed by atoms with Crippen LogP contribution >= 0.6 is 0 Å². The fourth-order valence-corrected chi connectivity index (χ4v) is 3.08. The van der Waals surface area contributed by atoms with E-state index in [1.165, 1.54) is 12.1 Å². The number of nitrogens with one attached hydrogen (secondary N) is 1. The number of ether oxygens (including phenoxy) is 2. The molecule has 2 aliphatic heterocycles. The summed E-state index contributed by atoms with van der Waals surface area (Å²) in [5.41, 5.74) is 0.918. The summed E-state index contributed by atoms with van der Waals surface area (Å²) in [6.07, 6.45) is 1.82. The SMILES string of the molecule is Fc1ccc(C2(CCCN3CCNCC3)OCCO2)cc1. The van der Waals surface area contributed by atoms with Gasteiger partial charge in [0.1, 0.15) is 5.82 Å². The minimum atomic E-state index is -0.679. The third-order valence-electron chi connectivity index (χ3n) is 4.23. The highest BCUT2D eigenvalue weighted by Crippen LogP contribution is 2.36. The topological polar surface area (TPSA) is 33.7 Å². The molecule has 4 nitrogen and oxygen atoms in total. The molecule has 3 rings (SSSR count). The van der Waals surface area contributed by atoms with E-state index in [4.69, 9.17) is 9.47 Å². The summed E-state index contributed by atoms with van der Waals surface area (Å²) >= 11 is 0. The molecular formula is C16H23FN2O2. The number of hydrogen-bond donors (Lipinski definition) is 1. The molecule has 116 valence electrons. The van der Waals surface area contributed by atoms with Gasteiger partial charge in [0.15, 0.2) is 5.79 Å². The quantitative estimate of drug-likeness (QED) is 0.896. The smallest absolute Gasteiger partial charge is 0.195 e. The van der Waals surface area contributed by atoms with Crippen LogP contribution in [0.3, 0.4) is 0 Å². The molecule has 2 saturated heterocycles. The number of benzene rings is 1. The number of hydrogen-bond acceptors (Lipinski definition) is 4. The molecule has 2 fully saturated rings. The molecule has 0 unspecified atom stereocenters. The van der Waals surface area contributed by atoms with E-state index in [9.17, 15) is 4.39 Å². The normalized spacial score (nSPS) is 22.5. The Bertz CT molecular complexity index is 440. The second-order valence-electron chi connectivity index (χ2n) is 5.65. The fourth-order valence-electron chi connectivity index (χ4n) is 3.08. The highest BCUT2D eigenvalue weighted by atomic mass is 19.1. The molecule has 1 aromatic rings. The minimum Gasteiger partial charge on any atom is -0.343 e. The third kappa shape index (κ3) is 3.61. The van der Waals surface area contributed by atoms with Crippen molar-refractivity contribution in [1.29, 1.82) is 0 Å². The molecule has 0 bridgehead atoms. The molecule has 2 heterocycles. The number of halogens is 1. The molecule has 1 N–H and O–H groups in total. The Morgan fingerprint density at radius 1 is 1.10 bits per heavy atom. The van der Waals surface area contributed by atoms with Crippen molar-refractivity contribution < 1.29 is 13.9 Å². The molecule has 1 aromatic carbocycles. The summed E-state index contributed by atoms with van der Waals surface area (Å²) in [6.45, 7) is 6.59. The highest BCUT2D eigenvalue weighted by Gasteiger charge is 2.38. The lowest BCUT2D eigenvalue weighted by molar-refractivity contribution is -0.172. The predicted molar refractivity (Wildman–Crippen MR) is 78.5 cm³/mol. The third-order valence-corrected chi connectivity index (χ3v) is 4.23. The molecule has 2 aliphatic rings. The van der Waals surface area contributed by atoms with Gasteiger partial charge in [-0.2, -0.15) is 0 Å². The molecule has 0 amide bonds. The van der Waals surface area contributed by atoms with Crippen LogP contribution in [-0.4, -0.2) is 50.8 Å². The Hall–Kier alpha value is -1.01. The van der Waals surface area contributed by atoms with Crippen molar-refractivity contribution >= 4 is 0 Å². The van der Waals surface area contributed by atoms with Gasteiger partial charge in [-0.25, -0.2) is 4.39 Å². The van der Waals surface area contributed by atoms with Gasteiger partial charge in [-0.1, -0.05) is 12.1 Å². The first-order valence-electron chi connectivity index (χ1n) is 7.76. The average Bonchev–Trinajstić information content (AvgIpc) is 2.99. The van der Waals surface area contributed by atoms with E-state index < -0.39 is 5.79 Å². The maximum absolute atomic E-state index is 13.1. The van der Waals surface area contributed by atoms with E-state index >= 15 is 0 Å². The van der Waals surface area contributed by atoms with Gasteiger partial charge in [-0.15, -0.1) is 0 Å². The van der Waals surface area contributed by atoms with Crippen LogP contribution in [0.1, 0.15) is 18.4 Å². The van der Waals surface area contributed by atoms with Crippen LogP contribution in [0.25, 0.3) is 0 Å². The van der Waals surface area contributed by atoms with Crippen LogP contribution in [0, 0.1) is 5.82 Å². The van der Waals surface area contributed by atoms with Crippen LogP contribution in [-0.2, 0) is 15.3 Å². The van der Waals surface area contributed by atoms with Gasteiger partial charge in [-0.3, -0.25) is 0 Å². The summed E-state index contributed by atoms with van der Waals surface area (Å²) in [5.74, 6) is -0.908. The Morgan fingerprint density at radius 2 is 1.76 bits per heavy atom. The van der Waals surface area contributed by atoms with E-state index in [1.807, 2.05) is 0 Å². The average molecular weight is 294 g/mol. The van der Waals surface area contributed by atoms with Crippen LogP contribution in [0.15, 0.2) is 24.3 Å². The van der Waals surface area contributed by atoms with Gasteiger partial charge in [0.05, 0.1) is 13.2 Å². The molecule has 0 atom stereocenters. The van der Waals surface area contributed by atoms with Crippen LogP contribution in [0.4, 0.5) is 4.39 Å². The molecule has 0 aliphatic carbocycles. The predicted octanol–water partition coefficient (Wildman–Crippen LogP) is 1.71. The van der Waals surface area contributed by atoms with Gasteiger partial charge in [0.2, 0.25) is 0 Å². The van der Waals surface area contributed by atoms with Gasteiger partial charge in [0, 0.05) is 38.2 Å². The maximum Gasteiger partial charge on any atom is 0.195 e. The summed E-state index contributed by atoms with van der Waals surface area (Å²) in [6, 6.07) is 6.48. The first-order valence-corrected chi connectivity index (χ1v) is 7.76. The van der Waals surface area contributed by atoms with E-state index in [-0.39, 0.29) is 5.82 Å². The number of piperazine rings is 1. The summed E-state index contributed by atoms with van der Waals surface area (Å²) < 4.78 is 24.9. The Morgan fingerprint density at radius 3 is 2.43 bits per heavy atom. The molecule has 21 heavy (non-hydrogen) atoms. The van der Waals surface area contributed by atoms with E-state index in [2.05, 4.69) is 10.2 Å². The zero-order valence-electron chi connectivity index (χ0n) is 12.3. The second-order valence-corrected chi connectivity index (χ2v) is 5.65. The molecule has 0 saturated carbocycles. The second kappa shape index (κ2) is 6.83. The van der Waals surface area contributed by atoms with Gasteiger partial charge in [-0.05, 0) is 25.1 Å². The van der Waals surface area contributed by atoms with Crippen LogP contribution < -0.4 is 5.32 Å². The van der Waals surface area contributed by atoms with Gasteiger partial charge < -0.3 is 19.7 Å². The first-order chi connectivity index (χ1) is 10.3. The molecule has 0 aromatic heterocycles. The van der Waals surface area contributed by atoms with E-state index in [0.29, 0.717) is 13.2 Å². The lowest BCUT2D eigenvalue weighted by atomic mass is 10.00. The Labute approximate surface area is 125 Å². The number of nitrogens with zero attached hydrogens (tertiary/aromatic N) is 1. The molecule has 5 heteroatoms. The van der Waals surface area contributed by atoms with Crippen molar-refractivity contribution in [3.05, 3.63) is 35.6 Å². The molecular weight excluding hydrogens is 271 g/mol. The molecule has 0 spiro atoms. The first kappa shape index (κ1) is 14.9. The zero-order chi connectivity index (χ0) is 14.5. The summed E-state index contributed by atoms with van der Waals surface area (Å²) in [5, 5.41) is 3.36. The minimum absolute atomic E-state index is 0.229. The van der Waals surface area contributed by atoms with Crippen molar-refractivity contribution in [2.75, 3.05) is 45.9 Å². The highest BCUT2D eigenvalue weighted by molar-refractivity contribution is 5.21. The summed E-state index contributed by atoms with van der Waals surface area (Å²) in [4.78, 5) is 2.46. The lowest BCUT2D eigenvalue weighted by Gasteiger charge is -2.31. The maximum atomic E-state index is 13.1. The standard InChI is InChI=1S/C16H23FN2O2/c17-15-4-2-14(3-5-15)16(20-12-13-21-16)6-1-9-19-10-7-18-8-11-19/h2-5,18H,1,6-13H2. The van der Waals surface area contributed by atoms with Crippen molar-refractivity contribution in [3.8, 4) is 0 Å². The van der Waals surface area contributed by atoms with Crippen molar-refractivity contribution in [2.24, 2.45) is 0 Å². The monoisotopic (exact) mass is 294 g/mol. The van der Waals surface area contributed by atoms with Crippen LogP contribution in [0.5, 0.6) is 0 Å². The Balaban J connectivity index is 1.60. The zero-order valence-corrected chi connectivity index (χ0v) is 12.3. The van der Waals surface area contributed by atoms with Crippen molar-refractivity contribution in [2.45, 2.75) is 18.6 Å². The fraction of sp³-hybridized carbons (Fsp3) is 0.625. The summed E-state index contributed by atoms with van der Waals surface area (Å²) in [7, 11) is 0. The van der Waals surface area contributed by atoms with Crippen LogP contribution in [0.2, 0.25) is 0 Å². The Kier molecular flexibility index (Phi) is 4.85. The largest absolute Gasteiger partial charge is 0.343 e. The van der Waals surface area contributed by atoms with Crippen molar-refractivity contribution in [3.63, 3.8) is 0 Å². The van der Waals surface area contributed by atoms with Gasteiger partial charge >= 0.3 is 0 Å².